The predicted molar refractivity (Wildman–Crippen MR) is 81.4 cm³/mol. The zero-order valence-corrected chi connectivity index (χ0v) is 12.1. The molecule has 0 saturated heterocycles. The summed E-state index contributed by atoms with van der Waals surface area (Å²) in [5.41, 5.74) is 10.1. The van der Waals surface area contributed by atoms with Crippen molar-refractivity contribution in [3.8, 4) is 11.1 Å². The van der Waals surface area contributed by atoms with E-state index in [1.807, 2.05) is 0 Å². The van der Waals surface area contributed by atoms with Crippen LogP contribution in [0.5, 0.6) is 0 Å². The number of amides is 2. The number of pyridine rings is 1. The number of carbonyl (C=O) groups excluding carboxylic acids is 2. The summed E-state index contributed by atoms with van der Waals surface area (Å²) in [4.78, 5) is 36.1. The van der Waals surface area contributed by atoms with Gasteiger partial charge in [-0.15, -0.1) is 0 Å². The lowest BCUT2D eigenvalue weighted by Gasteiger charge is -2.16. The number of nitrogens with zero attached hydrogens (tertiary/aromatic N) is 1. The van der Waals surface area contributed by atoms with Crippen molar-refractivity contribution in [1.82, 2.24) is 4.57 Å². The first kappa shape index (κ1) is 15.0. The van der Waals surface area contributed by atoms with Gasteiger partial charge in [0, 0.05) is 12.2 Å². The number of halogens is 1. The SMILES string of the molecule is NC(=O)c1cn(C2CC2)c(C(N)=O)c(-c2ccc(F)cc2)c1=O. The highest BCUT2D eigenvalue weighted by Crippen LogP contribution is 2.37. The van der Waals surface area contributed by atoms with Crippen LogP contribution in [0.2, 0.25) is 0 Å². The molecule has 0 bridgehead atoms. The highest BCUT2D eigenvalue weighted by molar-refractivity contribution is 6.01. The lowest BCUT2D eigenvalue weighted by Crippen LogP contribution is -2.30. The van der Waals surface area contributed by atoms with Gasteiger partial charge in [-0.05, 0) is 30.5 Å². The van der Waals surface area contributed by atoms with Crippen LogP contribution in [0.1, 0.15) is 39.7 Å². The van der Waals surface area contributed by atoms with Gasteiger partial charge in [0.1, 0.15) is 17.1 Å². The molecule has 1 aromatic carbocycles. The van der Waals surface area contributed by atoms with Crippen LogP contribution in [0.3, 0.4) is 0 Å². The van der Waals surface area contributed by atoms with E-state index in [0.717, 1.165) is 25.0 Å². The van der Waals surface area contributed by atoms with Crippen molar-refractivity contribution in [2.45, 2.75) is 18.9 Å². The topological polar surface area (TPSA) is 108 Å². The minimum atomic E-state index is -0.885. The van der Waals surface area contributed by atoms with Crippen molar-refractivity contribution in [2.24, 2.45) is 11.5 Å². The van der Waals surface area contributed by atoms with Gasteiger partial charge in [0.2, 0.25) is 5.43 Å². The number of carbonyl (C=O) groups is 2. The summed E-state index contributed by atoms with van der Waals surface area (Å²) in [6.07, 6.45) is 2.91. The minimum Gasteiger partial charge on any atom is -0.365 e. The molecule has 1 aliphatic rings. The molecule has 1 fully saturated rings. The van der Waals surface area contributed by atoms with E-state index in [2.05, 4.69) is 0 Å². The summed E-state index contributed by atoms with van der Waals surface area (Å²) in [6.45, 7) is 0. The van der Waals surface area contributed by atoms with E-state index in [9.17, 15) is 18.8 Å². The van der Waals surface area contributed by atoms with Crippen LogP contribution in [0.25, 0.3) is 11.1 Å². The van der Waals surface area contributed by atoms with Crippen molar-refractivity contribution in [3.63, 3.8) is 0 Å². The molecule has 0 spiro atoms. The van der Waals surface area contributed by atoms with Crippen molar-refractivity contribution in [2.75, 3.05) is 0 Å². The van der Waals surface area contributed by atoms with E-state index in [4.69, 9.17) is 11.5 Å². The predicted octanol–water partition coefficient (Wildman–Crippen LogP) is 1.19. The number of aromatic nitrogens is 1. The molecular weight excluding hydrogens is 301 g/mol. The largest absolute Gasteiger partial charge is 0.365 e. The van der Waals surface area contributed by atoms with Crippen molar-refractivity contribution in [1.29, 1.82) is 0 Å². The fourth-order valence-electron chi connectivity index (χ4n) is 2.58. The van der Waals surface area contributed by atoms with Gasteiger partial charge in [0.05, 0.1) is 5.56 Å². The molecule has 6 nitrogen and oxygen atoms in total. The first-order chi connectivity index (χ1) is 10.9. The van der Waals surface area contributed by atoms with Gasteiger partial charge in [-0.2, -0.15) is 0 Å². The molecule has 1 aromatic heterocycles. The molecular formula is C16H14FN3O3. The summed E-state index contributed by atoms with van der Waals surface area (Å²) in [5.74, 6) is -2.16. The lowest BCUT2D eigenvalue weighted by molar-refractivity contribution is 0.0979. The first-order valence-corrected chi connectivity index (χ1v) is 7.05. The summed E-state index contributed by atoms with van der Waals surface area (Å²) in [6, 6.07) is 5.05. The lowest BCUT2D eigenvalue weighted by atomic mass is 9.99. The Morgan fingerprint density at radius 1 is 1.09 bits per heavy atom. The molecule has 3 rings (SSSR count). The van der Waals surface area contributed by atoms with E-state index >= 15 is 0 Å². The van der Waals surface area contributed by atoms with Gasteiger partial charge in [0.25, 0.3) is 11.8 Å². The molecule has 2 amide bonds. The number of hydrogen-bond acceptors (Lipinski definition) is 3. The molecule has 7 heteroatoms. The van der Waals surface area contributed by atoms with Gasteiger partial charge < -0.3 is 16.0 Å². The average Bonchev–Trinajstić information content (AvgIpc) is 3.32. The molecule has 2 aromatic rings. The number of rotatable bonds is 4. The smallest absolute Gasteiger partial charge is 0.266 e. The van der Waals surface area contributed by atoms with Crippen LogP contribution in [0.4, 0.5) is 4.39 Å². The normalized spacial score (nSPS) is 13.8. The maximum absolute atomic E-state index is 13.1. The molecule has 23 heavy (non-hydrogen) atoms. The monoisotopic (exact) mass is 315 g/mol. The van der Waals surface area contributed by atoms with Crippen molar-refractivity contribution < 1.29 is 14.0 Å². The second-order valence-electron chi connectivity index (χ2n) is 5.47. The van der Waals surface area contributed by atoms with Crippen molar-refractivity contribution in [3.05, 3.63) is 57.8 Å². The second kappa shape index (κ2) is 5.35. The van der Waals surface area contributed by atoms with Gasteiger partial charge >= 0.3 is 0 Å². The molecule has 0 aliphatic heterocycles. The highest BCUT2D eigenvalue weighted by atomic mass is 19.1. The summed E-state index contributed by atoms with van der Waals surface area (Å²) in [7, 11) is 0. The average molecular weight is 315 g/mol. The fourth-order valence-corrected chi connectivity index (χ4v) is 2.58. The zero-order valence-electron chi connectivity index (χ0n) is 12.1. The quantitative estimate of drug-likeness (QED) is 0.884. The molecule has 118 valence electrons. The Bertz CT molecular complexity index is 867. The van der Waals surface area contributed by atoms with Gasteiger partial charge in [-0.25, -0.2) is 4.39 Å². The van der Waals surface area contributed by atoms with E-state index in [0.29, 0.717) is 5.56 Å². The fraction of sp³-hybridized carbons (Fsp3) is 0.188. The molecule has 0 radical (unpaired) electrons. The summed E-state index contributed by atoms with van der Waals surface area (Å²) in [5, 5.41) is 0. The summed E-state index contributed by atoms with van der Waals surface area (Å²) >= 11 is 0. The molecule has 0 unspecified atom stereocenters. The zero-order chi connectivity index (χ0) is 16.7. The van der Waals surface area contributed by atoms with E-state index in [-0.39, 0.29) is 22.9 Å². The summed E-state index contributed by atoms with van der Waals surface area (Å²) < 4.78 is 14.7. The first-order valence-electron chi connectivity index (χ1n) is 7.05. The number of benzene rings is 1. The van der Waals surface area contributed by atoms with Crippen LogP contribution in [-0.2, 0) is 0 Å². The second-order valence-corrected chi connectivity index (χ2v) is 5.47. The van der Waals surface area contributed by atoms with E-state index in [1.54, 1.807) is 0 Å². The number of primary amides is 2. The van der Waals surface area contributed by atoms with Crippen LogP contribution in [0.15, 0.2) is 35.3 Å². The van der Waals surface area contributed by atoms with Gasteiger partial charge in [-0.1, -0.05) is 12.1 Å². The number of hydrogen-bond donors (Lipinski definition) is 2. The standard InChI is InChI=1S/C16H14FN3O3/c17-9-3-1-8(2-4-9)12-13(16(19)23)20(10-5-6-10)7-11(14(12)21)15(18)22/h1-4,7,10H,5-6H2,(H2,18,22)(H2,19,23). The minimum absolute atomic E-state index is 0.00426. The Balaban J connectivity index is 2.39. The highest BCUT2D eigenvalue weighted by Gasteiger charge is 2.31. The Morgan fingerprint density at radius 3 is 2.17 bits per heavy atom. The maximum atomic E-state index is 13.1. The maximum Gasteiger partial charge on any atom is 0.266 e. The van der Waals surface area contributed by atoms with E-state index in [1.165, 1.54) is 22.9 Å². The Labute approximate surface area is 130 Å². The van der Waals surface area contributed by atoms with Crippen LogP contribution in [0, 0.1) is 5.82 Å². The Hall–Kier alpha value is -2.96. The molecule has 1 heterocycles. The van der Waals surface area contributed by atoms with Crippen LogP contribution >= 0.6 is 0 Å². The third-order valence-electron chi connectivity index (χ3n) is 3.81. The van der Waals surface area contributed by atoms with Crippen LogP contribution < -0.4 is 16.9 Å². The van der Waals surface area contributed by atoms with Crippen molar-refractivity contribution >= 4 is 11.8 Å². The van der Waals surface area contributed by atoms with E-state index < -0.39 is 23.1 Å². The Morgan fingerprint density at radius 2 is 1.70 bits per heavy atom. The third kappa shape index (κ3) is 2.61. The van der Waals surface area contributed by atoms with Gasteiger partial charge in [-0.3, -0.25) is 14.4 Å². The van der Waals surface area contributed by atoms with Crippen LogP contribution in [-0.4, -0.2) is 16.4 Å². The Kier molecular flexibility index (Phi) is 3.48. The third-order valence-corrected chi connectivity index (χ3v) is 3.81. The van der Waals surface area contributed by atoms with Gasteiger partial charge in [0.15, 0.2) is 0 Å². The molecule has 0 atom stereocenters. The molecule has 1 aliphatic carbocycles. The molecule has 4 N–H and O–H groups in total. The number of nitrogens with two attached hydrogens (primary N) is 2. The molecule has 1 saturated carbocycles.